The zero-order valence-electron chi connectivity index (χ0n) is 18.5. The monoisotopic (exact) mass is 463 g/mol. The van der Waals surface area contributed by atoms with E-state index in [9.17, 15) is 9.59 Å². The molecule has 1 saturated heterocycles. The first-order chi connectivity index (χ1) is 16.0. The van der Waals surface area contributed by atoms with Crippen molar-refractivity contribution in [2.45, 2.75) is 0 Å². The van der Waals surface area contributed by atoms with E-state index in [1.54, 1.807) is 49.6 Å². The number of rotatable bonds is 7. The first-order valence-corrected chi connectivity index (χ1v) is 11.2. The lowest BCUT2D eigenvalue weighted by molar-refractivity contribution is -0.117. The number of carbonyl (C=O) groups excluding carboxylic acids is 2. The molecule has 0 aromatic heterocycles. The topological polar surface area (TPSA) is 61.9 Å². The third-order valence-corrected chi connectivity index (χ3v) is 5.94. The van der Waals surface area contributed by atoms with Crippen LogP contribution in [-0.4, -0.2) is 56.4 Å². The van der Waals surface area contributed by atoms with Gasteiger partial charge in [0.2, 0.25) is 5.91 Å². The van der Waals surface area contributed by atoms with Crippen LogP contribution in [0, 0.1) is 0 Å². The smallest absolute Gasteiger partial charge is 0.238 e. The van der Waals surface area contributed by atoms with E-state index in [0.717, 1.165) is 37.6 Å². The molecule has 0 spiro atoms. The van der Waals surface area contributed by atoms with Gasteiger partial charge in [-0.3, -0.25) is 14.5 Å². The number of hydrogen-bond acceptors (Lipinski definition) is 5. The highest BCUT2D eigenvalue weighted by Gasteiger charge is 2.22. The summed E-state index contributed by atoms with van der Waals surface area (Å²) in [6.07, 6.45) is 0. The van der Waals surface area contributed by atoms with E-state index in [1.807, 2.05) is 30.3 Å². The number of benzene rings is 3. The van der Waals surface area contributed by atoms with E-state index < -0.39 is 0 Å². The number of halogens is 1. The summed E-state index contributed by atoms with van der Waals surface area (Å²) in [4.78, 5) is 30.2. The Bertz CT molecular complexity index is 1130. The first kappa shape index (κ1) is 22.8. The fourth-order valence-corrected chi connectivity index (χ4v) is 4.16. The average molecular weight is 464 g/mol. The highest BCUT2D eigenvalue weighted by Crippen LogP contribution is 2.28. The number of methoxy groups -OCH3 is 1. The summed E-state index contributed by atoms with van der Waals surface area (Å²) < 4.78 is 5.47. The number of ketones is 1. The van der Waals surface area contributed by atoms with Gasteiger partial charge in [0, 0.05) is 42.3 Å². The molecule has 0 unspecified atom stereocenters. The zero-order valence-corrected chi connectivity index (χ0v) is 19.2. The molecule has 1 fully saturated rings. The van der Waals surface area contributed by atoms with Crippen LogP contribution in [0.3, 0.4) is 0 Å². The van der Waals surface area contributed by atoms with Gasteiger partial charge in [0.1, 0.15) is 5.75 Å². The summed E-state index contributed by atoms with van der Waals surface area (Å²) in [7, 11) is 1.67. The fraction of sp³-hybridized carbons (Fsp3) is 0.231. The van der Waals surface area contributed by atoms with Crippen molar-refractivity contribution < 1.29 is 14.3 Å². The van der Waals surface area contributed by atoms with E-state index in [-0.39, 0.29) is 18.2 Å². The van der Waals surface area contributed by atoms with Gasteiger partial charge in [-0.1, -0.05) is 54.1 Å². The normalized spacial score (nSPS) is 14.1. The third kappa shape index (κ3) is 5.53. The number of amides is 1. The van der Waals surface area contributed by atoms with Crippen LogP contribution in [0.1, 0.15) is 15.9 Å². The number of piperazine rings is 1. The van der Waals surface area contributed by atoms with Gasteiger partial charge < -0.3 is 15.0 Å². The van der Waals surface area contributed by atoms with Gasteiger partial charge in [-0.25, -0.2) is 0 Å². The molecule has 0 radical (unpaired) electrons. The number of para-hydroxylation sites is 2. The average Bonchev–Trinajstić information content (AvgIpc) is 2.85. The number of ether oxygens (including phenoxy) is 1. The molecular weight excluding hydrogens is 438 g/mol. The lowest BCUT2D eigenvalue weighted by atomic mass is 10.0. The Hall–Kier alpha value is -3.35. The molecule has 0 bridgehead atoms. The molecule has 1 aliphatic heterocycles. The van der Waals surface area contributed by atoms with E-state index >= 15 is 0 Å². The van der Waals surface area contributed by atoms with Gasteiger partial charge >= 0.3 is 0 Å². The zero-order chi connectivity index (χ0) is 23.2. The molecule has 3 aromatic carbocycles. The predicted octanol–water partition coefficient (Wildman–Crippen LogP) is 4.34. The summed E-state index contributed by atoms with van der Waals surface area (Å²) in [5, 5.41) is 3.35. The number of anilines is 2. The van der Waals surface area contributed by atoms with Gasteiger partial charge in [0.25, 0.3) is 0 Å². The van der Waals surface area contributed by atoms with Gasteiger partial charge in [-0.05, 0) is 30.3 Å². The highest BCUT2D eigenvalue weighted by molar-refractivity contribution is 6.31. The Balaban J connectivity index is 1.38. The Kier molecular flexibility index (Phi) is 7.27. The molecule has 7 heteroatoms. The lowest BCUT2D eigenvalue weighted by Gasteiger charge is -2.36. The van der Waals surface area contributed by atoms with Gasteiger partial charge in [-0.15, -0.1) is 0 Å². The number of nitrogens with zero attached hydrogens (tertiary/aromatic N) is 2. The molecule has 0 saturated carbocycles. The van der Waals surface area contributed by atoms with Crippen molar-refractivity contribution in [1.82, 2.24) is 4.90 Å². The fourth-order valence-electron chi connectivity index (χ4n) is 3.99. The molecule has 1 amide bonds. The van der Waals surface area contributed by atoms with Crippen LogP contribution in [0.25, 0.3) is 0 Å². The summed E-state index contributed by atoms with van der Waals surface area (Å²) in [6, 6.07) is 21.9. The highest BCUT2D eigenvalue weighted by atomic mass is 35.5. The minimum absolute atomic E-state index is 0.162. The molecule has 1 heterocycles. The van der Waals surface area contributed by atoms with Crippen LogP contribution < -0.4 is 15.0 Å². The second kappa shape index (κ2) is 10.5. The number of hydrogen-bond donors (Lipinski definition) is 1. The van der Waals surface area contributed by atoms with E-state index in [2.05, 4.69) is 15.1 Å². The van der Waals surface area contributed by atoms with Crippen LogP contribution in [0.4, 0.5) is 11.4 Å². The Morgan fingerprint density at radius 3 is 2.36 bits per heavy atom. The first-order valence-electron chi connectivity index (χ1n) is 10.8. The molecule has 6 nitrogen and oxygen atoms in total. The van der Waals surface area contributed by atoms with Crippen LogP contribution >= 0.6 is 11.6 Å². The second-order valence-electron chi connectivity index (χ2n) is 7.87. The van der Waals surface area contributed by atoms with E-state index in [4.69, 9.17) is 16.3 Å². The SMILES string of the molecule is COc1ccccc1N1CCN(CC(=O)Nc2ccc(Cl)cc2C(=O)c2ccccc2)CC1. The van der Waals surface area contributed by atoms with Crippen molar-refractivity contribution in [3.63, 3.8) is 0 Å². The molecule has 1 N–H and O–H groups in total. The predicted molar refractivity (Wildman–Crippen MR) is 132 cm³/mol. The molecule has 170 valence electrons. The molecular formula is C26H26ClN3O3. The van der Waals surface area contributed by atoms with Crippen LogP contribution in [0.15, 0.2) is 72.8 Å². The Labute approximate surface area is 198 Å². The van der Waals surface area contributed by atoms with Gasteiger partial charge in [0.05, 0.1) is 25.0 Å². The molecule has 0 aliphatic carbocycles. The van der Waals surface area contributed by atoms with Crippen molar-refractivity contribution >= 4 is 34.7 Å². The Morgan fingerprint density at radius 1 is 0.939 bits per heavy atom. The van der Waals surface area contributed by atoms with E-state index in [0.29, 0.717) is 21.8 Å². The summed E-state index contributed by atoms with van der Waals surface area (Å²) >= 11 is 6.14. The van der Waals surface area contributed by atoms with Crippen LogP contribution in [0.2, 0.25) is 5.02 Å². The van der Waals surface area contributed by atoms with Crippen LogP contribution in [0.5, 0.6) is 5.75 Å². The van der Waals surface area contributed by atoms with Crippen LogP contribution in [-0.2, 0) is 4.79 Å². The van der Waals surface area contributed by atoms with Crippen molar-refractivity contribution in [3.05, 3.63) is 88.9 Å². The quantitative estimate of drug-likeness (QED) is 0.528. The van der Waals surface area contributed by atoms with Crippen molar-refractivity contribution in [3.8, 4) is 5.75 Å². The standard InChI is InChI=1S/C26H26ClN3O3/c1-33-24-10-6-5-9-23(24)30-15-13-29(14-16-30)18-25(31)28-22-12-11-20(27)17-21(22)26(32)19-7-3-2-4-8-19/h2-12,17H,13-16,18H2,1H3,(H,28,31). The Morgan fingerprint density at radius 2 is 1.64 bits per heavy atom. The van der Waals surface area contributed by atoms with Crippen molar-refractivity contribution in [2.24, 2.45) is 0 Å². The molecule has 33 heavy (non-hydrogen) atoms. The van der Waals surface area contributed by atoms with E-state index in [1.165, 1.54) is 0 Å². The third-order valence-electron chi connectivity index (χ3n) is 5.70. The molecule has 1 aliphatic rings. The van der Waals surface area contributed by atoms with Gasteiger partial charge in [-0.2, -0.15) is 0 Å². The maximum Gasteiger partial charge on any atom is 0.238 e. The maximum atomic E-state index is 13.0. The summed E-state index contributed by atoms with van der Waals surface area (Å²) in [6.45, 7) is 3.35. The number of carbonyl (C=O) groups is 2. The lowest BCUT2D eigenvalue weighted by Crippen LogP contribution is -2.48. The summed E-state index contributed by atoms with van der Waals surface area (Å²) in [5.41, 5.74) is 2.45. The largest absolute Gasteiger partial charge is 0.495 e. The van der Waals surface area contributed by atoms with Crippen molar-refractivity contribution in [2.75, 3.05) is 50.1 Å². The number of nitrogens with one attached hydrogen (secondary N) is 1. The second-order valence-corrected chi connectivity index (χ2v) is 8.30. The minimum Gasteiger partial charge on any atom is -0.495 e. The molecule has 3 aromatic rings. The van der Waals surface area contributed by atoms with Crippen molar-refractivity contribution in [1.29, 1.82) is 0 Å². The maximum absolute atomic E-state index is 13.0. The molecule has 4 rings (SSSR count). The summed E-state index contributed by atoms with van der Waals surface area (Å²) in [5.74, 6) is 0.506. The van der Waals surface area contributed by atoms with Gasteiger partial charge in [0.15, 0.2) is 5.78 Å². The molecule has 0 atom stereocenters. The minimum atomic E-state index is -0.182.